The third kappa shape index (κ3) is 5.69. The van der Waals surface area contributed by atoms with Gasteiger partial charge in [-0.05, 0) is 50.2 Å². The standard InChI is InChI=1S/C22H34N2O4/c1-26-20-6-4-3-5-16(20)9-12-23-22(25)17-7-8-19(21(15-17)27-2)24-18-10-13-28-14-11-18/h3-6,17-19,21,24H,7-15H2,1-2H3,(H,23,25). The van der Waals surface area contributed by atoms with E-state index in [2.05, 4.69) is 10.6 Å². The van der Waals surface area contributed by atoms with Crippen LogP contribution in [0, 0.1) is 5.92 Å². The fourth-order valence-corrected chi connectivity index (χ4v) is 4.36. The van der Waals surface area contributed by atoms with Gasteiger partial charge in [-0.15, -0.1) is 0 Å². The molecule has 0 bridgehead atoms. The van der Waals surface area contributed by atoms with Gasteiger partial charge in [-0.2, -0.15) is 0 Å². The molecule has 1 amide bonds. The lowest BCUT2D eigenvalue weighted by atomic mass is 9.82. The molecule has 1 aliphatic carbocycles. The number of nitrogens with one attached hydrogen (secondary N) is 2. The zero-order valence-electron chi connectivity index (χ0n) is 17.1. The van der Waals surface area contributed by atoms with Crippen LogP contribution in [0.4, 0.5) is 0 Å². The molecule has 6 nitrogen and oxygen atoms in total. The van der Waals surface area contributed by atoms with Crippen molar-refractivity contribution in [3.05, 3.63) is 29.8 Å². The maximum atomic E-state index is 12.7. The van der Waals surface area contributed by atoms with Crippen molar-refractivity contribution < 1.29 is 19.0 Å². The quantitative estimate of drug-likeness (QED) is 0.713. The number of hydrogen-bond donors (Lipinski definition) is 2. The van der Waals surface area contributed by atoms with E-state index < -0.39 is 0 Å². The molecule has 6 heteroatoms. The molecule has 2 N–H and O–H groups in total. The van der Waals surface area contributed by atoms with E-state index in [1.54, 1.807) is 14.2 Å². The topological polar surface area (TPSA) is 68.8 Å². The average Bonchev–Trinajstić information content (AvgIpc) is 2.75. The van der Waals surface area contributed by atoms with Gasteiger partial charge in [0.1, 0.15) is 5.75 Å². The molecule has 0 spiro atoms. The van der Waals surface area contributed by atoms with Crippen LogP contribution in [0.2, 0.25) is 0 Å². The molecule has 1 saturated carbocycles. The first-order valence-electron chi connectivity index (χ1n) is 10.5. The van der Waals surface area contributed by atoms with E-state index in [1.165, 1.54) is 0 Å². The number of methoxy groups -OCH3 is 2. The maximum absolute atomic E-state index is 12.7. The van der Waals surface area contributed by atoms with Crippen molar-refractivity contribution in [3.8, 4) is 5.75 Å². The van der Waals surface area contributed by atoms with Gasteiger partial charge >= 0.3 is 0 Å². The number of amides is 1. The summed E-state index contributed by atoms with van der Waals surface area (Å²) < 4.78 is 16.6. The van der Waals surface area contributed by atoms with E-state index in [4.69, 9.17) is 14.2 Å². The summed E-state index contributed by atoms with van der Waals surface area (Å²) in [5.74, 6) is 1.03. The molecule has 0 aromatic heterocycles. The molecule has 1 heterocycles. The highest BCUT2D eigenvalue weighted by Gasteiger charge is 2.35. The van der Waals surface area contributed by atoms with Crippen molar-refractivity contribution in [1.29, 1.82) is 0 Å². The van der Waals surface area contributed by atoms with Crippen LogP contribution in [0.15, 0.2) is 24.3 Å². The highest BCUT2D eigenvalue weighted by atomic mass is 16.5. The molecule has 1 saturated heterocycles. The van der Waals surface area contributed by atoms with Gasteiger partial charge < -0.3 is 24.8 Å². The molecule has 1 aliphatic heterocycles. The van der Waals surface area contributed by atoms with E-state index in [0.717, 1.165) is 63.1 Å². The molecule has 3 rings (SSSR count). The molecule has 3 unspecified atom stereocenters. The maximum Gasteiger partial charge on any atom is 0.223 e. The Morgan fingerprint density at radius 2 is 1.93 bits per heavy atom. The second-order valence-electron chi connectivity index (χ2n) is 7.80. The second kappa shape index (κ2) is 10.8. The highest BCUT2D eigenvalue weighted by molar-refractivity contribution is 5.78. The molecule has 3 atom stereocenters. The van der Waals surface area contributed by atoms with E-state index in [-0.39, 0.29) is 17.9 Å². The van der Waals surface area contributed by atoms with Crippen LogP contribution < -0.4 is 15.4 Å². The van der Waals surface area contributed by atoms with Gasteiger partial charge in [-0.1, -0.05) is 18.2 Å². The Bertz CT molecular complexity index is 618. The first-order valence-corrected chi connectivity index (χ1v) is 10.5. The second-order valence-corrected chi connectivity index (χ2v) is 7.80. The molecule has 0 radical (unpaired) electrons. The van der Waals surface area contributed by atoms with Gasteiger partial charge in [0.05, 0.1) is 13.2 Å². The molecule has 156 valence electrons. The first kappa shape index (κ1) is 21.1. The minimum absolute atomic E-state index is 0.0235. The number of carbonyl (C=O) groups is 1. The molecule has 2 aliphatic rings. The largest absolute Gasteiger partial charge is 0.496 e. The Morgan fingerprint density at radius 3 is 2.68 bits per heavy atom. The van der Waals surface area contributed by atoms with Gasteiger partial charge in [0.15, 0.2) is 0 Å². The molecule has 1 aromatic rings. The molecular weight excluding hydrogens is 356 g/mol. The fourth-order valence-electron chi connectivity index (χ4n) is 4.36. The highest BCUT2D eigenvalue weighted by Crippen LogP contribution is 2.28. The normalized spacial score (nSPS) is 26.0. The lowest BCUT2D eigenvalue weighted by Crippen LogP contribution is -2.52. The zero-order valence-corrected chi connectivity index (χ0v) is 17.1. The van der Waals surface area contributed by atoms with Crippen molar-refractivity contribution in [2.45, 2.75) is 56.7 Å². The molecule has 1 aromatic carbocycles. The van der Waals surface area contributed by atoms with Crippen LogP contribution >= 0.6 is 0 Å². The van der Waals surface area contributed by atoms with Crippen LogP contribution in [-0.4, -0.2) is 58.1 Å². The zero-order chi connectivity index (χ0) is 19.8. The van der Waals surface area contributed by atoms with Crippen molar-refractivity contribution in [2.75, 3.05) is 34.0 Å². The summed E-state index contributed by atoms with van der Waals surface area (Å²) >= 11 is 0. The summed E-state index contributed by atoms with van der Waals surface area (Å²) in [5, 5.41) is 6.85. The van der Waals surface area contributed by atoms with Crippen LogP contribution in [0.25, 0.3) is 0 Å². The summed E-state index contributed by atoms with van der Waals surface area (Å²) in [4.78, 5) is 12.7. The third-order valence-electron chi connectivity index (χ3n) is 6.02. The summed E-state index contributed by atoms with van der Waals surface area (Å²) in [6.07, 6.45) is 5.62. The number of hydrogen-bond acceptors (Lipinski definition) is 5. The van der Waals surface area contributed by atoms with E-state index in [9.17, 15) is 4.79 Å². The van der Waals surface area contributed by atoms with Gasteiger partial charge in [-0.3, -0.25) is 4.79 Å². The first-order chi connectivity index (χ1) is 13.7. The van der Waals surface area contributed by atoms with Crippen molar-refractivity contribution >= 4 is 5.91 Å². The van der Waals surface area contributed by atoms with Gasteiger partial charge in [-0.25, -0.2) is 0 Å². The fraction of sp³-hybridized carbons (Fsp3) is 0.682. The monoisotopic (exact) mass is 390 g/mol. The molecular formula is C22H34N2O4. The summed E-state index contributed by atoms with van der Waals surface area (Å²) in [6.45, 7) is 2.29. The van der Waals surface area contributed by atoms with Crippen LogP contribution in [0.3, 0.4) is 0 Å². The number of rotatable bonds is 8. The average molecular weight is 391 g/mol. The Kier molecular flexibility index (Phi) is 8.13. The molecule has 2 fully saturated rings. The Morgan fingerprint density at radius 1 is 1.14 bits per heavy atom. The predicted molar refractivity (Wildman–Crippen MR) is 109 cm³/mol. The number of para-hydroxylation sites is 1. The molecule has 28 heavy (non-hydrogen) atoms. The predicted octanol–water partition coefficient (Wildman–Crippen LogP) is 2.31. The van der Waals surface area contributed by atoms with E-state index in [0.29, 0.717) is 18.6 Å². The summed E-state index contributed by atoms with van der Waals surface area (Å²) in [5.41, 5.74) is 1.12. The third-order valence-corrected chi connectivity index (χ3v) is 6.02. The van der Waals surface area contributed by atoms with Crippen LogP contribution in [0.5, 0.6) is 5.75 Å². The summed E-state index contributed by atoms with van der Waals surface area (Å²) in [7, 11) is 3.43. The number of benzene rings is 1. The van der Waals surface area contributed by atoms with Gasteiger partial charge in [0.2, 0.25) is 5.91 Å². The summed E-state index contributed by atoms with van der Waals surface area (Å²) in [6, 6.07) is 8.77. The van der Waals surface area contributed by atoms with Gasteiger partial charge in [0, 0.05) is 44.9 Å². The number of ether oxygens (including phenoxy) is 3. The SMILES string of the molecule is COc1ccccc1CCNC(=O)C1CCC(NC2CCOCC2)C(OC)C1. The lowest BCUT2D eigenvalue weighted by molar-refractivity contribution is -0.128. The Balaban J connectivity index is 1.44. The van der Waals surface area contributed by atoms with E-state index >= 15 is 0 Å². The minimum Gasteiger partial charge on any atom is -0.496 e. The Labute approximate surface area is 168 Å². The van der Waals surface area contributed by atoms with Crippen molar-refractivity contribution in [3.63, 3.8) is 0 Å². The Hall–Kier alpha value is -1.63. The van der Waals surface area contributed by atoms with E-state index in [1.807, 2.05) is 24.3 Å². The van der Waals surface area contributed by atoms with Gasteiger partial charge in [0.25, 0.3) is 0 Å². The number of carbonyl (C=O) groups excluding carboxylic acids is 1. The van der Waals surface area contributed by atoms with Crippen molar-refractivity contribution in [1.82, 2.24) is 10.6 Å². The van der Waals surface area contributed by atoms with Crippen LogP contribution in [0.1, 0.15) is 37.7 Å². The minimum atomic E-state index is 0.0235. The lowest BCUT2D eigenvalue weighted by Gasteiger charge is -2.38. The van der Waals surface area contributed by atoms with Crippen molar-refractivity contribution in [2.24, 2.45) is 5.92 Å². The smallest absolute Gasteiger partial charge is 0.223 e. The van der Waals surface area contributed by atoms with Crippen LogP contribution in [-0.2, 0) is 20.7 Å².